The van der Waals surface area contributed by atoms with E-state index in [0.29, 0.717) is 28.5 Å². The molecule has 1 aliphatic heterocycles. The molecule has 2 N–H and O–H groups in total. The number of carbonyl (C=O) groups is 2. The van der Waals surface area contributed by atoms with Gasteiger partial charge in [0.05, 0.1) is 17.1 Å². The molecule has 2 aliphatic rings. The molecule has 1 fully saturated rings. The molecular formula is C26H30N2O5S2. The van der Waals surface area contributed by atoms with Gasteiger partial charge in [0, 0.05) is 21.9 Å². The lowest BCUT2D eigenvalue weighted by Crippen LogP contribution is -2.36. The number of carbonyl (C=O) groups excluding carboxylic acids is 2. The van der Waals surface area contributed by atoms with Crippen molar-refractivity contribution < 1.29 is 22.4 Å². The minimum Gasteiger partial charge on any atom is -0.451 e. The van der Waals surface area contributed by atoms with Gasteiger partial charge in [-0.2, -0.15) is 0 Å². The van der Waals surface area contributed by atoms with Crippen LogP contribution in [0.5, 0.6) is 0 Å². The fraction of sp³-hybridized carbons (Fsp3) is 0.462. The van der Waals surface area contributed by atoms with Crippen molar-refractivity contribution in [3.8, 4) is 0 Å². The van der Waals surface area contributed by atoms with E-state index in [0.717, 1.165) is 51.8 Å². The minimum absolute atomic E-state index is 0.0409. The average molecular weight is 515 g/mol. The maximum Gasteiger partial charge on any atom is 0.292 e. The van der Waals surface area contributed by atoms with Crippen LogP contribution < -0.4 is 10.6 Å². The van der Waals surface area contributed by atoms with E-state index in [9.17, 15) is 18.0 Å². The molecule has 1 saturated heterocycles. The van der Waals surface area contributed by atoms with Crippen molar-refractivity contribution in [3.05, 3.63) is 50.6 Å². The lowest BCUT2D eigenvalue weighted by molar-refractivity contribution is 0.0941. The lowest BCUT2D eigenvalue weighted by Gasteiger charge is -2.19. The van der Waals surface area contributed by atoms with Crippen LogP contribution in [0.25, 0.3) is 11.0 Å². The van der Waals surface area contributed by atoms with Gasteiger partial charge in [-0.3, -0.25) is 9.59 Å². The Bertz CT molecular complexity index is 1460. The van der Waals surface area contributed by atoms with E-state index in [1.165, 1.54) is 11.3 Å². The van der Waals surface area contributed by atoms with Gasteiger partial charge in [0.25, 0.3) is 11.8 Å². The second kappa shape index (κ2) is 8.78. The summed E-state index contributed by atoms with van der Waals surface area (Å²) in [6.07, 6.45) is 3.00. The fourth-order valence-corrected chi connectivity index (χ4v) is 8.17. The van der Waals surface area contributed by atoms with Crippen LogP contribution in [-0.4, -0.2) is 37.8 Å². The topological polar surface area (TPSA) is 105 Å². The molecule has 9 heteroatoms. The number of fused-ring (bicyclic) bond motifs is 2. The average Bonchev–Trinajstić information content (AvgIpc) is 3.41. The van der Waals surface area contributed by atoms with Gasteiger partial charge in [0.2, 0.25) is 0 Å². The Kier molecular flexibility index (Phi) is 6.04. The Morgan fingerprint density at radius 1 is 1.09 bits per heavy atom. The molecule has 1 aromatic carbocycles. The fourth-order valence-electron chi connectivity index (χ4n) is 5.10. The normalized spacial score (nSPS) is 21.1. The van der Waals surface area contributed by atoms with Gasteiger partial charge in [0.1, 0.15) is 10.6 Å². The molecule has 35 heavy (non-hydrogen) atoms. The molecule has 186 valence electrons. The number of sulfone groups is 1. The predicted octanol–water partition coefficient (Wildman–Crippen LogP) is 4.71. The van der Waals surface area contributed by atoms with Crippen molar-refractivity contribution in [1.82, 2.24) is 5.32 Å². The van der Waals surface area contributed by atoms with E-state index < -0.39 is 21.8 Å². The summed E-state index contributed by atoms with van der Waals surface area (Å²) >= 11 is 1.44. The summed E-state index contributed by atoms with van der Waals surface area (Å²) in [7, 11) is -3.12. The molecule has 0 saturated carbocycles. The van der Waals surface area contributed by atoms with Crippen molar-refractivity contribution in [3.63, 3.8) is 0 Å². The number of benzene rings is 1. The van der Waals surface area contributed by atoms with Crippen LogP contribution in [0.15, 0.2) is 16.5 Å². The smallest absolute Gasteiger partial charge is 0.292 e. The highest BCUT2D eigenvalue weighted by Gasteiger charge is 2.33. The predicted molar refractivity (Wildman–Crippen MR) is 138 cm³/mol. The summed E-state index contributed by atoms with van der Waals surface area (Å²) in [5, 5.41) is 7.27. The third-order valence-electron chi connectivity index (χ3n) is 7.29. The van der Waals surface area contributed by atoms with Crippen molar-refractivity contribution >= 4 is 49.0 Å². The van der Waals surface area contributed by atoms with Gasteiger partial charge >= 0.3 is 0 Å². The first kappa shape index (κ1) is 24.1. The van der Waals surface area contributed by atoms with Gasteiger partial charge in [-0.1, -0.05) is 6.92 Å². The van der Waals surface area contributed by atoms with Crippen LogP contribution in [0.2, 0.25) is 0 Å². The Balaban J connectivity index is 1.48. The van der Waals surface area contributed by atoms with Crippen LogP contribution in [-0.2, 0) is 22.7 Å². The summed E-state index contributed by atoms with van der Waals surface area (Å²) in [5.41, 5.74) is 5.07. The van der Waals surface area contributed by atoms with E-state index in [1.54, 1.807) is 0 Å². The first-order chi connectivity index (χ1) is 16.5. The summed E-state index contributed by atoms with van der Waals surface area (Å²) < 4.78 is 29.7. The molecule has 2 atom stereocenters. The number of hydrogen-bond acceptors (Lipinski definition) is 6. The maximum absolute atomic E-state index is 13.4. The Labute approximate surface area is 209 Å². The van der Waals surface area contributed by atoms with E-state index in [1.807, 2.05) is 32.9 Å². The first-order valence-electron chi connectivity index (χ1n) is 12.0. The molecule has 7 nitrogen and oxygen atoms in total. The van der Waals surface area contributed by atoms with Crippen molar-refractivity contribution in [2.75, 3.05) is 16.8 Å². The zero-order valence-corrected chi connectivity index (χ0v) is 22.0. The number of furan rings is 1. The first-order valence-corrected chi connectivity index (χ1v) is 14.6. The standard InChI is InChI=1S/C26H30N2O5S2/c1-13-5-6-18-21(9-13)34-26(22(18)24(29)27-17-7-8-35(31,32)12-17)28-25(30)23-16(4)19-10-14(2)15(3)11-20(19)33-23/h10-11,13,17H,5-9,12H2,1-4H3,(H,27,29)(H,28,30)/t13-,17+/m1/s1. The third-order valence-corrected chi connectivity index (χ3v) is 10.2. The molecule has 2 amide bonds. The molecule has 0 unspecified atom stereocenters. The van der Waals surface area contributed by atoms with E-state index >= 15 is 0 Å². The van der Waals surface area contributed by atoms with Gasteiger partial charge in [-0.05, 0) is 81.2 Å². The number of thiophene rings is 1. The largest absolute Gasteiger partial charge is 0.451 e. The van der Waals surface area contributed by atoms with E-state index in [2.05, 4.69) is 17.6 Å². The maximum atomic E-state index is 13.4. The third kappa shape index (κ3) is 4.51. The highest BCUT2D eigenvalue weighted by Crippen LogP contribution is 2.40. The van der Waals surface area contributed by atoms with Crippen molar-refractivity contribution in [1.29, 1.82) is 0 Å². The zero-order valence-electron chi connectivity index (χ0n) is 20.4. The van der Waals surface area contributed by atoms with Gasteiger partial charge in [0.15, 0.2) is 15.6 Å². The van der Waals surface area contributed by atoms with E-state index in [-0.39, 0.29) is 23.2 Å². The molecule has 5 rings (SSSR count). The van der Waals surface area contributed by atoms with Crippen molar-refractivity contribution in [2.45, 2.75) is 59.4 Å². The van der Waals surface area contributed by atoms with Crippen LogP contribution in [0.4, 0.5) is 5.00 Å². The summed E-state index contributed by atoms with van der Waals surface area (Å²) in [6, 6.07) is 3.56. The number of amides is 2. The molecule has 3 heterocycles. The second-order valence-corrected chi connectivity index (χ2v) is 13.4. The molecule has 3 aromatic rings. The lowest BCUT2D eigenvalue weighted by atomic mass is 9.88. The Hall–Kier alpha value is -2.65. The monoisotopic (exact) mass is 514 g/mol. The Morgan fingerprint density at radius 3 is 2.54 bits per heavy atom. The highest BCUT2D eigenvalue weighted by molar-refractivity contribution is 7.91. The molecule has 2 aromatic heterocycles. The molecular weight excluding hydrogens is 484 g/mol. The van der Waals surface area contributed by atoms with Crippen LogP contribution in [0, 0.1) is 26.7 Å². The second-order valence-electron chi connectivity index (χ2n) is 10.1. The number of nitrogens with one attached hydrogen (secondary N) is 2. The van der Waals surface area contributed by atoms with Crippen LogP contribution in [0.1, 0.15) is 67.8 Å². The van der Waals surface area contributed by atoms with E-state index in [4.69, 9.17) is 4.42 Å². The van der Waals surface area contributed by atoms with Crippen LogP contribution >= 0.6 is 11.3 Å². The number of aryl methyl sites for hydroxylation is 3. The molecule has 0 spiro atoms. The number of hydrogen-bond donors (Lipinski definition) is 2. The van der Waals surface area contributed by atoms with Gasteiger partial charge < -0.3 is 15.1 Å². The summed E-state index contributed by atoms with van der Waals surface area (Å²) in [5.74, 6) is 0.0779. The van der Waals surface area contributed by atoms with Gasteiger partial charge in [-0.15, -0.1) is 11.3 Å². The quantitative estimate of drug-likeness (QED) is 0.524. The molecule has 0 bridgehead atoms. The minimum atomic E-state index is -3.12. The Morgan fingerprint density at radius 2 is 1.83 bits per heavy atom. The summed E-state index contributed by atoms with van der Waals surface area (Å²) in [6.45, 7) is 8.08. The van der Waals surface area contributed by atoms with Gasteiger partial charge in [-0.25, -0.2) is 8.42 Å². The summed E-state index contributed by atoms with van der Waals surface area (Å²) in [4.78, 5) is 27.8. The zero-order chi connectivity index (χ0) is 25.1. The SMILES string of the molecule is Cc1cc2oc(C(=O)Nc3sc4c(c3C(=O)N[C@H]3CCS(=O)(=O)C3)CC[C@@H](C)C4)c(C)c2cc1C. The number of rotatable bonds is 4. The molecule has 0 radical (unpaired) electrons. The van der Waals surface area contributed by atoms with Crippen LogP contribution in [0.3, 0.4) is 0 Å². The highest BCUT2D eigenvalue weighted by atomic mass is 32.2. The number of anilines is 1. The van der Waals surface area contributed by atoms with Crippen molar-refractivity contribution in [2.24, 2.45) is 5.92 Å². The molecule has 1 aliphatic carbocycles.